The largest absolute Gasteiger partial charge is 0.490 e. The van der Waals surface area contributed by atoms with Crippen LogP contribution in [0.15, 0.2) is 24.5 Å². The first-order valence-corrected chi connectivity index (χ1v) is 10.8. The Balaban J connectivity index is 0.000000553. The van der Waals surface area contributed by atoms with Crippen molar-refractivity contribution in [2.75, 3.05) is 12.8 Å². The van der Waals surface area contributed by atoms with E-state index in [1.165, 1.54) is 0 Å². The molecule has 3 N–H and O–H groups in total. The predicted molar refractivity (Wildman–Crippen MR) is 102 cm³/mol. The molecule has 1 aromatic heterocycles. The summed E-state index contributed by atoms with van der Waals surface area (Å²) in [5.41, 5.74) is 1.02. The topological polar surface area (TPSA) is 129 Å². The number of nitrogens with one attached hydrogen (secondary N) is 2. The van der Waals surface area contributed by atoms with E-state index in [9.17, 15) is 26.4 Å². The van der Waals surface area contributed by atoms with Crippen molar-refractivity contribution in [1.29, 1.82) is 0 Å². The average molecular weight is 454 g/mol. The number of amides is 2. The van der Waals surface area contributed by atoms with Crippen LogP contribution in [0.4, 0.5) is 18.0 Å². The Morgan fingerprint density at radius 1 is 1.30 bits per heavy atom. The summed E-state index contributed by atoms with van der Waals surface area (Å²) in [6.07, 6.45) is 0.645. The minimum absolute atomic E-state index is 0.0333. The first-order valence-electron chi connectivity index (χ1n) is 8.94. The molecule has 13 heteroatoms. The summed E-state index contributed by atoms with van der Waals surface area (Å²) in [6.45, 7) is 4.33. The van der Waals surface area contributed by atoms with Gasteiger partial charge in [-0.3, -0.25) is 4.98 Å². The van der Waals surface area contributed by atoms with Crippen molar-refractivity contribution in [3.8, 4) is 0 Å². The highest BCUT2D eigenvalue weighted by atomic mass is 32.2. The van der Waals surface area contributed by atoms with Crippen LogP contribution in [0.5, 0.6) is 0 Å². The number of alkyl halides is 3. The highest BCUT2D eigenvalue weighted by Crippen LogP contribution is 2.22. The second-order valence-corrected chi connectivity index (χ2v) is 8.79. The van der Waals surface area contributed by atoms with E-state index in [-0.39, 0.29) is 24.2 Å². The van der Waals surface area contributed by atoms with Crippen LogP contribution in [0, 0.1) is 0 Å². The summed E-state index contributed by atoms with van der Waals surface area (Å²) in [5.74, 6) is -2.76. The third-order valence-electron chi connectivity index (χ3n) is 4.02. The number of rotatable bonds is 5. The quantitative estimate of drug-likeness (QED) is 0.616. The Kier molecular flexibility index (Phi) is 9.03. The van der Waals surface area contributed by atoms with Gasteiger partial charge in [-0.05, 0) is 44.4 Å². The number of pyridine rings is 1. The van der Waals surface area contributed by atoms with E-state index in [1.807, 2.05) is 26.0 Å². The van der Waals surface area contributed by atoms with Gasteiger partial charge in [0.15, 0.2) is 0 Å². The zero-order valence-electron chi connectivity index (χ0n) is 16.7. The molecule has 2 atom stereocenters. The highest BCUT2D eigenvalue weighted by Gasteiger charge is 2.39. The minimum Gasteiger partial charge on any atom is -0.475 e. The number of likely N-dealkylation sites (tertiary alicyclic amines) is 1. The summed E-state index contributed by atoms with van der Waals surface area (Å²) < 4.78 is 57.6. The number of carbonyl (C=O) groups is 2. The normalized spacial score (nSPS) is 19.2. The van der Waals surface area contributed by atoms with Crippen molar-refractivity contribution in [2.45, 2.75) is 51.0 Å². The van der Waals surface area contributed by atoms with E-state index in [0.717, 1.165) is 11.8 Å². The Morgan fingerprint density at radius 2 is 1.83 bits per heavy atom. The van der Waals surface area contributed by atoms with Gasteiger partial charge in [-0.2, -0.15) is 13.2 Å². The van der Waals surface area contributed by atoms with Crippen molar-refractivity contribution in [1.82, 2.24) is 19.9 Å². The maximum Gasteiger partial charge on any atom is 0.490 e. The maximum absolute atomic E-state index is 12.4. The number of halogens is 3. The van der Waals surface area contributed by atoms with E-state index >= 15 is 0 Å². The molecule has 2 amide bonds. The number of carbonyl (C=O) groups excluding carboxylic acids is 1. The van der Waals surface area contributed by atoms with Crippen LogP contribution in [0.1, 0.15) is 25.8 Å². The molecule has 9 nitrogen and oxygen atoms in total. The van der Waals surface area contributed by atoms with Crippen LogP contribution in [-0.4, -0.2) is 72.5 Å². The molecule has 170 valence electrons. The standard InChI is InChI=1S/C15H24N4O3S.C2HF3O2/c1-11(2)17-15(20)19-9-6-13(18-23(3,21)22)14(19)10-12-4-7-16-8-5-12;3-2(4,5)1(6)7/h4-5,7-8,11,13-14,18H,6,9-10H2,1-3H3,(H,17,20);(H,6,7)/t13-,14+;/m1./s1. The van der Waals surface area contributed by atoms with Crippen LogP contribution in [0.2, 0.25) is 0 Å². The molecule has 1 saturated heterocycles. The van der Waals surface area contributed by atoms with Gasteiger partial charge in [0.25, 0.3) is 0 Å². The lowest BCUT2D eigenvalue weighted by atomic mass is 10.0. The summed E-state index contributed by atoms with van der Waals surface area (Å²) in [4.78, 5) is 27.0. The molecule has 0 aliphatic carbocycles. The van der Waals surface area contributed by atoms with E-state index in [1.54, 1.807) is 17.3 Å². The number of carboxylic acid groups (broad SMARTS) is 1. The van der Waals surface area contributed by atoms with Crippen molar-refractivity contribution >= 4 is 22.0 Å². The van der Waals surface area contributed by atoms with Crippen molar-refractivity contribution in [3.05, 3.63) is 30.1 Å². The van der Waals surface area contributed by atoms with Crippen LogP contribution >= 0.6 is 0 Å². The number of carboxylic acids is 1. The number of urea groups is 1. The van der Waals surface area contributed by atoms with E-state index in [2.05, 4.69) is 15.0 Å². The number of sulfonamides is 1. The summed E-state index contributed by atoms with van der Waals surface area (Å²) in [6, 6.07) is 3.15. The summed E-state index contributed by atoms with van der Waals surface area (Å²) in [7, 11) is -3.33. The molecular weight excluding hydrogens is 429 g/mol. The molecule has 2 heterocycles. The van der Waals surface area contributed by atoms with E-state index < -0.39 is 22.2 Å². The third kappa shape index (κ3) is 8.95. The monoisotopic (exact) mass is 454 g/mol. The SMILES string of the molecule is CC(C)NC(=O)N1CC[C@@H](NS(C)(=O)=O)[C@@H]1Cc1ccncc1.O=C(O)C(F)(F)F. The number of hydrogen-bond acceptors (Lipinski definition) is 5. The Labute approximate surface area is 172 Å². The smallest absolute Gasteiger partial charge is 0.475 e. The molecule has 1 aliphatic rings. The van der Waals surface area contributed by atoms with Crippen LogP contribution in [-0.2, 0) is 21.2 Å². The van der Waals surface area contributed by atoms with Crippen molar-refractivity contribution in [3.63, 3.8) is 0 Å². The van der Waals surface area contributed by atoms with Gasteiger partial charge in [0.1, 0.15) is 0 Å². The Morgan fingerprint density at radius 3 is 2.27 bits per heavy atom. The molecule has 1 aliphatic heterocycles. The number of hydrogen-bond donors (Lipinski definition) is 3. The Hall–Kier alpha value is -2.41. The van der Waals surface area contributed by atoms with Gasteiger partial charge in [0.05, 0.1) is 12.3 Å². The first-order chi connectivity index (χ1) is 13.7. The van der Waals surface area contributed by atoms with Gasteiger partial charge in [-0.1, -0.05) is 0 Å². The fraction of sp³-hybridized carbons (Fsp3) is 0.588. The van der Waals surface area contributed by atoms with Gasteiger partial charge in [0.2, 0.25) is 10.0 Å². The molecule has 0 spiro atoms. The first kappa shape index (κ1) is 25.6. The second-order valence-electron chi connectivity index (χ2n) is 7.01. The van der Waals surface area contributed by atoms with Crippen LogP contribution < -0.4 is 10.0 Å². The van der Waals surface area contributed by atoms with Gasteiger partial charge in [0, 0.05) is 31.0 Å². The Bertz CT molecular complexity index is 818. The van der Waals surface area contributed by atoms with Crippen molar-refractivity contribution < 1.29 is 36.3 Å². The lowest BCUT2D eigenvalue weighted by molar-refractivity contribution is -0.192. The average Bonchev–Trinajstić information content (AvgIpc) is 2.95. The molecule has 30 heavy (non-hydrogen) atoms. The molecule has 1 fully saturated rings. The highest BCUT2D eigenvalue weighted by molar-refractivity contribution is 7.88. The fourth-order valence-electron chi connectivity index (χ4n) is 2.86. The molecule has 2 rings (SSSR count). The molecular formula is C17H25F3N4O5S. The molecule has 0 radical (unpaired) electrons. The molecule has 0 aromatic carbocycles. The predicted octanol–water partition coefficient (Wildman–Crippen LogP) is 1.37. The molecule has 1 aromatic rings. The van der Waals surface area contributed by atoms with Gasteiger partial charge >= 0.3 is 18.2 Å². The van der Waals surface area contributed by atoms with Crippen LogP contribution in [0.3, 0.4) is 0 Å². The summed E-state index contributed by atoms with van der Waals surface area (Å²) >= 11 is 0. The van der Waals surface area contributed by atoms with Gasteiger partial charge < -0.3 is 15.3 Å². The van der Waals surface area contributed by atoms with Crippen LogP contribution in [0.25, 0.3) is 0 Å². The second kappa shape index (κ2) is 10.6. The van der Waals surface area contributed by atoms with Crippen molar-refractivity contribution in [2.24, 2.45) is 0 Å². The van der Waals surface area contributed by atoms with Gasteiger partial charge in [-0.15, -0.1) is 0 Å². The maximum atomic E-state index is 12.4. The zero-order chi connectivity index (χ0) is 23.1. The fourth-order valence-corrected chi connectivity index (χ4v) is 3.69. The van der Waals surface area contributed by atoms with E-state index in [4.69, 9.17) is 9.90 Å². The summed E-state index contributed by atoms with van der Waals surface area (Å²) in [5, 5.41) is 10.0. The molecule has 0 saturated carbocycles. The molecule has 0 unspecified atom stereocenters. The molecule has 0 bridgehead atoms. The number of nitrogens with zero attached hydrogens (tertiary/aromatic N) is 2. The minimum atomic E-state index is -5.08. The lowest BCUT2D eigenvalue weighted by Gasteiger charge is -2.29. The number of aromatic nitrogens is 1. The van der Waals surface area contributed by atoms with E-state index in [0.29, 0.717) is 19.4 Å². The third-order valence-corrected chi connectivity index (χ3v) is 4.75. The van der Waals surface area contributed by atoms with Gasteiger partial charge in [-0.25, -0.2) is 22.7 Å². The number of aliphatic carboxylic acids is 1. The zero-order valence-corrected chi connectivity index (χ0v) is 17.5. The lowest BCUT2D eigenvalue weighted by Crippen LogP contribution is -2.51.